The maximum atomic E-state index is 14.4. The molecule has 11 rings (SSSR count). The van der Waals surface area contributed by atoms with E-state index in [0.29, 0.717) is 5.75 Å². The number of pyridine rings is 1. The molecule has 0 atom stereocenters. The fourth-order valence-corrected chi connectivity index (χ4v) is 9.65. The zero-order valence-electron chi connectivity index (χ0n) is 36.6. The lowest BCUT2D eigenvalue weighted by atomic mass is 9.88. The van der Waals surface area contributed by atoms with Crippen molar-refractivity contribution in [3.63, 3.8) is 0 Å². The lowest BCUT2D eigenvalue weighted by Crippen LogP contribution is -2.09. The summed E-state index contributed by atoms with van der Waals surface area (Å²) in [6, 6.07) is 50.0. The van der Waals surface area contributed by atoms with Crippen LogP contribution in [0.5, 0.6) is 11.5 Å². The minimum Gasteiger partial charge on any atom is -0.457 e. The monoisotopic (exact) mass is 822 g/mol. The molecule has 6 heteroatoms. The van der Waals surface area contributed by atoms with Crippen molar-refractivity contribution in [1.29, 1.82) is 0 Å². The van der Waals surface area contributed by atoms with Crippen molar-refractivity contribution in [2.75, 3.05) is 0 Å². The van der Waals surface area contributed by atoms with Crippen molar-refractivity contribution in [3.8, 4) is 39.7 Å². The lowest BCUT2D eigenvalue weighted by molar-refractivity contribution is 0.483. The third-order valence-electron chi connectivity index (χ3n) is 12.9. The molecule has 0 saturated carbocycles. The molecule has 11 aromatic rings. The number of aromatic nitrogens is 4. The van der Waals surface area contributed by atoms with Crippen LogP contribution in [0, 0.1) is 26.6 Å². The number of benzene rings is 8. The van der Waals surface area contributed by atoms with Gasteiger partial charge in [-0.2, -0.15) is 0 Å². The molecule has 0 aliphatic heterocycles. The van der Waals surface area contributed by atoms with Crippen molar-refractivity contribution in [2.24, 2.45) is 0 Å². The minimum absolute atomic E-state index is 0.257. The maximum Gasteiger partial charge on any atom is 0.146 e. The van der Waals surface area contributed by atoms with Crippen molar-refractivity contribution in [1.82, 2.24) is 18.9 Å². The molecule has 0 spiro atoms. The van der Waals surface area contributed by atoms with E-state index >= 15 is 0 Å². The second kappa shape index (κ2) is 14.7. The van der Waals surface area contributed by atoms with Crippen molar-refractivity contribution < 1.29 is 9.13 Å². The van der Waals surface area contributed by atoms with Crippen LogP contribution >= 0.6 is 0 Å². The highest BCUT2D eigenvalue weighted by Gasteiger charge is 2.24. The van der Waals surface area contributed by atoms with E-state index in [1.807, 2.05) is 18.2 Å². The summed E-state index contributed by atoms with van der Waals surface area (Å²) < 4.78 is 25.9. The smallest absolute Gasteiger partial charge is 0.146 e. The predicted octanol–water partition coefficient (Wildman–Crippen LogP) is 15.7. The van der Waals surface area contributed by atoms with Gasteiger partial charge >= 0.3 is 0 Å². The first-order valence-electron chi connectivity index (χ1n) is 21.9. The first kappa shape index (κ1) is 38.6. The van der Waals surface area contributed by atoms with E-state index < -0.39 is 0 Å². The molecule has 0 radical (unpaired) electrons. The molecular formula is C57H47FN4O. The van der Waals surface area contributed by atoms with Gasteiger partial charge in [-0.1, -0.05) is 88.4 Å². The SMILES string of the molecule is Cc1cc2c3c(C)cc(Oc4cccc(-c5nc6ccccc6n5-c5c(C(C)C)cc(-c6ccccc6)cc5C(C)C)c4)cc3c3nc4cc5cc(F)ccc5cc4n3c2cc1C. The first-order valence-corrected chi connectivity index (χ1v) is 21.9. The zero-order valence-corrected chi connectivity index (χ0v) is 36.6. The molecule has 0 amide bonds. The van der Waals surface area contributed by atoms with Gasteiger partial charge in [0.25, 0.3) is 0 Å². The summed E-state index contributed by atoms with van der Waals surface area (Å²) in [4.78, 5) is 10.6. The summed E-state index contributed by atoms with van der Waals surface area (Å²) in [6.45, 7) is 15.6. The highest BCUT2D eigenvalue weighted by atomic mass is 19.1. The Labute approximate surface area is 366 Å². The summed E-state index contributed by atoms with van der Waals surface area (Å²) in [7, 11) is 0. The van der Waals surface area contributed by atoms with E-state index in [0.717, 1.165) is 82.9 Å². The first-order chi connectivity index (χ1) is 30.5. The van der Waals surface area contributed by atoms with Gasteiger partial charge in [-0.3, -0.25) is 8.97 Å². The van der Waals surface area contributed by atoms with Gasteiger partial charge < -0.3 is 4.74 Å². The van der Waals surface area contributed by atoms with Crippen molar-refractivity contribution in [2.45, 2.75) is 60.3 Å². The normalized spacial score (nSPS) is 12.1. The molecule has 0 aliphatic carbocycles. The predicted molar refractivity (Wildman–Crippen MR) is 260 cm³/mol. The number of ether oxygens (including phenoxy) is 1. The number of aryl methyl sites for hydroxylation is 3. The number of rotatable bonds is 7. The highest BCUT2D eigenvalue weighted by molar-refractivity contribution is 6.16. The van der Waals surface area contributed by atoms with Gasteiger partial charge in [-0.05, 0) is 173 Å². The number of para-hydroxylation sites is 2. The van der Waals surface area contributed by atoms with Gasteiger partial charge in [0.2, 0.25) is 0 Å². The average Bonchev–Trinajstić information content (AvgIpc) is 3.85. The van der Waals surface area contributed by atoms with Gasteiger partial charge in [0, 0.05) is 16.3 Å². The summed E-state index contributed by atoms with van der Waals surface area (Å²) in [5.74, 6) is 2.55. The van der Waals surface area contributed by atoms with E-state index in [-0.39, 0.29) is 17.7 Å². The van der Waals surface area contributed by atoms with Crippen LogP contribution in [0.3, 0.4) is 0 Å². The van der Waals surface area contributed by atoms with Crippen LogP contribution in [0.25, 0.3) is 88.4 Å². The van der Waals surface area contributed by atoms with Gasteiger partial charge in [0.1, 0.15) is 28.8 Å². The average molecular weight is 823 g/mol. The molecule has 0 bridgehead atoms. The topological polar surface area (TPSA) is 44.3 Å². The van der Waals surface area contributed by atoms with Gasteiger partial charge in [-0.25, -0.2) is 14.4 Å². The van der Waals surface area contributed by atoms with Crippen molar-refractivity contribution in [3.05, 3.63) is 179 Å². The Morgan fingerprint density at radius 1 is 0.508 bits per heavy atom. The van der Waals surface area contributed by atoms with Crippen molar-refractivity contribution >= 4 is 60.2 Å². The molecule has 8 aromatic carbocycles. The van der Waals surface area contributed by atoms with Crippen LogP contribution in [0.4, 0.5) is 4.39 Å². The van der Waals surface area contributed by atoms with E-state index in [1.165, 1.54) is 45.1 Å². The molecular weight excluding hydrogens is 776 g/mol. The van der Waals surface area contributed by atoms with Crippen LogP contribution in [0.15, 0.2) is 146 Å². The number of hydrogen-bond acceptors (Lipinski definition) is 3. The summed E-state index contributed by atoms with van der Waals surface area (Å²) in [5, 5.41) is 5.08. The Kier molecular flexibility index (Phi) is 8.98. The Bertz CT molecular complexity index is 3620. The van der Waals surface area contributed by atoms with Crippen LogP contribution in [-0.4, -0.2) is 18.9 Å². The second-order valence-corrected chi connectivity index (χ2v) is 17.8. The van der Waals surface area contributed by atoms with Crippen LogP contribution in [0.2, 0.25) is 0 Å². The summed E-state index contributed by atoms with van der Waals surface area (Å²) >= 11 is 0. The highest BCUT2D eigenvalue weighted by Crippen LogP contribution is 2.42. The Hall–Kier alpha value is -7.31. The largest absolute Gasteiger partial charge is 0.457 e. The van der Waals surface area contributed by atoms with E-state index in [1.54, 1.807) is 6.07 Å². The molecule has 0 unspecified atom stereocenters. The third kappa shape index (κ3) is 6.35. The molecule has 3 heterocycles. The Morgan fingerprint density at radius 3 is 2.02 bits per heavy atom. The maximum absolute atomic E-state index is 14.4. The number of halogens is 1. The summed E-state index contributed by atoms with van der Waals surface area (Å²) in [6.07, 6.45) is 0. The Balaban J connectivity index is 1.08. The number of hydrogen-bond donors (Lipinski definition) is 0. The van der Waals surface area contributed by atoms with E-state index in [2.05, 4.69) is 173 Å². The number of fused-ring (bicyclic) bond motifs is 10. The summed E-state index contributed by atoms with van der Waals surface area (Å²) in [5.41, 5.74) is 16.4. The van der Waals surface area contributed by atoms with Gasteiger partial charge in [0.15, 0.2) is 0 Å². The number of nitrogens with zero attached hydrogens (tertiary/aromatic N) is 4. The Morgan fingerprint density at radius 2 is 1.24 bits per heavy atom. The van der Waals surface area contributed by atoms with Crippen LogP contribution in [-0.2, 0) is 0 Å². The zero-order chi connectivity index (χ0) is 43.3. The molecule has 308 valence electrons. The molecule has 0 N–H and O–H groups in total. The molecule has 0 aliphatic rings. The third-order valence-corrected chi connectivity index (χ3v) is 12.9. The molecule has 5 nitrogen and oxygen atoms in total. The molecule has 63 heavy (non-hydrogen) atoms. The molecule has 0 saturated heterocycles. The van der Waals surface area contributed by atoms with E-state index in [9.17, 15) is 4.39 Å². The molecule has 3 aromatic heterocycles. The van der Waals surface area contributed by atoms with Crippen LogP contribution < -0.4 is 4.74 Å². The van der Waals surface area contributed by atoms with Crippen LogP contribution in [0.1, 0.15) is 67.3 Å². The lowest BCUT2D eigenvalue weighted by Gasteiger charge is -2.24. The molecule has 0 fully saturated rings. The minimum atomic E-state index is -0.260. The van der Waals surface area contributed by atoms with Gasteiger partial charge in [0.05, 0.1) is 33.3 Å². The van der Waals surface area contributed by atoms with Gasteiger partial charge in [-0.15, -0.1) is 0 Å². The quantitative estimate of drug-likeness (QED) is 0.150. The standard InChI is InChI=1S/C57H47FN4O/c1-32(2)45-27-41(37-14-9-8-10-15-37)28-46(33(3)4)55(45)62-51-19-12-11-18-49(51)59-56(62)39-16-13-17-43(26-39)63-44-22-36(7)54-47-23-34(5)35(6)24-52(47)61-53-30-38-20-21-42(58)25-40(38)29-50(53)60-57(61)48(54)31-44/h8-33H,1-7H3. The number of imidazole rings is 2. The fourth-order valence-electron chi connectivity index (χ4n) is 9.65. The second-order valence-electron chi connectivity index (χ2n) is 17.8. The van der Waals surface area contributed by atoms with E-state index in [4.69, 9.17) is 14.7 Å². The fraction of sp³-hybridized carbons (Fsp3) is 0.158.